The van der Waals surface area contributed by atoms with E-state index in [-0.39, 0.29) is 5.91 Å². The normalized spacial score (nSPS) is 10.5. The zero-order chi connectivity index (χ0) is 17.1. The maximum absolute atomic E-state index is 12.7. The number of rotatable bonds is 4. The number of tetrazole rings is 1. The molecule has 0 aliphatic rings. The zero-order valence-electron chi connectivity index (χ0n) is 12.4. The van der Waals surface area contributed by atoms with Crippen LogP contribution in [-0.4, -0.2) is 33.2 Å². The smallest absolute Gasteiger partial charge is 0.257 e. The molecule has 0 saturated carbocycles. The van der Waals surface area contributed by atoms with Crippen LogP contribution in [0.3, 0.4) is 0 Å². The zero-order valence-corrected chi connectivity index (χ0v) is 13.9. The van der Waals surface area contributed by atoms with Gasteiger partial charge in [0.2, 0.25) is 0 Å². The van der Waals surface area contributed by atoms with Gasteiger partial charge in [-0.05, 0) is 46.8 Å². The molecule has 0 unspecified atom stereocenters. The van der Waals surface area contributed by atoms with E-state index in [1.165, 1.54) is 18.1 Å². The van der Waals surface area contributed by atoms with E-state index in [1.807, 2.05) is 0 Å². The van der Waals surface area contributed by atoms with Gasteiger partial charge in [0, 0.05) is 10.0 Å². The summed E-state index contributed by atoms with van der Waals surface area (Å²) in [5.74, 6) is 0.114. The van der Waals surface area contributed by atoms with Crippen molar-refractivity contribution in [1.29, 1.82) is 0 Å². The molecule has 0 aliphatic heterocycles. The first-order valence-electron chi connectivity index (χ1n) is 6.76. The standard InChI is InChI=1S/C15H11Cl2N5O2/c1-24-14-5-3-9(16)6-12(14)19-15(23)11-4-2-10(17)7-13(11)22-8-18-20-21-22/h2-8H,1H3,(H,19,23). The summed E-state index contributed by atoms with van der Waals surface area (Å²) < 4.78 is 6.58. The molecule has 0 fully saturated rings. The highest BCUT2D eigenvalue weighted by atomic mass is 35.5. The van der Waals surface area contributed by atoms with E-state index < -0.39 is 0 Å². The number of aromatic nitrogens is 4. The fourth-order valence-electron chi connectivity index (χ4n) is 2.13. The highest BCUT2D eigenvalue weighted by Gasteiger charge is 2.16. The van der Waals surface area contributed by atoms with Crippen LogP contribution in [0.2, 0.25) is 10.0 Å². The fraction of sp³-hybridized carbons (Fsp3) is 0.0667. The Morgan fingerprint density at radius 1 is 1.17 bits per heavy atom. The van der Waals surface area contributed by atoms with E-state index in [9.17, 15) is 4.79 Å². The molecule has 1 aromatic heterocycles. The molecule has 0 radical (unpaired) electrons. The number of hydrogen-bond acceptors (Lipinski definition) is 5. The number of benzene rings is 2. The molecule has 1 heterocycles. The Hall–Kier alpha value is -2.64. The molecule has 1 amide bonds. The van der Waals surface area contributed by atoms with Gasteiger partial charge < -0.3 is 10.1 Å². The van der Waals surface area contributed by atoms with Gasteiger partial charge in [-0.3, -0.25) is 4.79 Å². The minimum atomic E-state index is -0.377. The first-order chi connectivity index (χ1) is 11.6. The topological polar surface area (TPSA) is 81.9 Å². The number of hydrogen-bond donors (Lipinski definition) is 1. The van der Waals surface area contributed by atoms with Gasteiger partial charge in [-0.1, -0.05) is 23.2 Å². The maximum Gasteiger partial charge on any atom is 0.257 e. The summed E-state index contributed by atoms with van der Waals surface area (Å²) in [6.45, 7) is 0. The third kappa shape index (κ3) is 3.32. The number of nitrogens with zero attached hydrogens (tertiary/aromatic N) is 4. The lowest BCUT2D eigenvalue weighted by atomic mass is 10.1. The molecule has 0 atom stereocenters. The van der Waals surface area contributed by atoms with Crippen LogP contribution in [0.15, 0.2) is 42.7 Å². The van der Waals surface area contributed by atoms with Crippen LogP contribution in [0.5, 0.6) is 5.75 Å². The predicted octanol–water partition coefficient (Wildman–Crippen LogP) is 3.23. The van der Waals surface area contributed by atoms with Gasteiger partial charge in [0.05, 0.1) is 24.0 Å². The lowest BCUT2D eigenvalue weighted by Crippen LogP contribution is -2.16. The maximum atomic E-state index is 12.7. The van der Waals surface area contributed by atoms with Crippen LogP contribution < -0.4 is 10.1 Å². The highest BCUT2D eigenvalue weighted by molar-refractivity contribution is 6.31. The van der Waals surface area contributed by atoms with Crippen LogP contribution in [-0.2, 0) is 0 Å². The molecule has 122 valence electrons. The Morgan fingerprint density at radius 3 is 2.62 bits per heavy atom. The Labute approximate surface area is 147 Å². The molecule has 0 bridgehead atoms. The molecule has 0 spiro atoms. The molecule has 2 aromatic carbocycles. The molecule has 0 saturated heterocycles. The van der Waals surface area contributed by atoms with E-state index in [0.717, 1.165) is 0 Å². The van der Waals surface area contributed by atoms with Crippen molar-refractivity contribution < 1.29 is 9.53 Å². The molecule has 1 N–H and O–H groups in total. The second-order valence-electron chi connectivity index (χ2n) is 4.71. The minimum absolute atomic E-state index is 0.341. The van der Waals surface area contributed by atoms with Crippen molar-refractivity contribution >= 4 is 34.8 Å². The molecule has 0 aliphatic carbocycles. The summed E-state index contributed by atoms with van der Waals surface area (Å²) in [6, 6.07) is 9.74. The molecule has 3 aromatic rings. The lowest BCUT2D eigenvalue weighted by molar-refractivity contribution is 0.102. The average molecular weight is 364 g/mol. The number of methoxy groups -OCH3 is 1. The van der Waals surface area contributed by atoms with Gasteiger partial charge in [-0.15, -0.1) is 5.10 Å². The third-order valence-electron chi connectivity index (χ3n) is 3.21. The van der Waals surface area contributed by atoms with E-state index in [0.29, 0.717) is 32.7 Å². The minimum Gasteiger partial charge on any atom is -0.495 e. The second kappa shape index (κ2) is 6.86. The first-order valence-corrected chi connectivity index (χ1v) is 7.52. The van der Waals surface area contributed by atoms with E-state index in [4.69, 9.17) is 27.9 Å². The number of amides is 1. The van der Waals surface area contributed by atoms with E-state index in [2.05, 4.69) is 20.8 Å². The summed E-state index contributed by atoms with van der Waals surface area (Å²) in [7, 11) is 1.51. The average Bonchev–Trinajstić information content (AvgIpc) is 3.09. The number of halogens is 2. The Bertz CT molecular complexity index is 884. The number of carbonyl (C=O) groups excluding carboxylic acids is 1. The quantitative estimate of drug-likeness (QED) is 0.769. The van der Waals surface area contributed by atoms with Gasteiger partial charge in [0.1, 0.15) is 12.1 Å². The van der Waals surface area contributed by atoms with Crippen molar-refractivity contribution in [2.75, 3.05) is 12.4 Å². The molecular formula is C15H11Cl2N5O2. The summed E-state index contributed by atoms with van der Waals surface area (Å²) in [5, 5.41) is 14.6. The molecule has 7 nitrogen and oxygen atoms in total. The van der Waals surface area contributed by atoms with Crippen LogP contribution in [0.1, 0.15) is 10.4 Å². The molecule has 9 heteroatoms. The summed E-state index contributed by atoms with van der Waals surface area (Å²) in [6.07, 6.45) is 1.38. The van der Waals surface area contributed by atoms with Crippen LogP contribution in [0, 0.1) is 0 Å². The monoisotopic (exact) mass is 363 g/mol. The molecule has 24 heavy (non-hydrogen) atoms. The van der Waals surface area contributed by atoms with Crippen LogP contribution >= 0.6 is 23.2 Å². The summed E-state index contributed by atoms with van der Waals surface area (Å²) in [5.41, 5.74) is 1.24. The summed E-state index contributed by atoms with van der Waals surface area (Å²) >= 11 is 12.0. The molecule has 3 rings (SSSR count). The number of nitrogens with one attached hydrogen (secondary N) is 1. The van der Waals surface area contributed by atoms with E-state index >= 15 is 0 Å². The number of anilines is 1. The Kier molecular flexibility index (Phi) is 4.64. The van der Waals surface area contributed by atoms with Crippen LogP contribution in [0.4, 0.5) is 5.69 Å². The van der Waals surface area contributed by atoms with Gasteiger partial charge in [-0.2, -0.15) is 4.68 Å². The molecular weight excluding hydrogens is 353 g/mol. The second-order valence-corrected chi connectivity index (χ2v) is 5.59. The predicted molar refractivity (Wildman–Crippen MR) is 90.1 cm³/mol. The Balaban J connectivity index is 1.98. The highest BCUT2D eigenvalue weighted by Crippen LogP contribution is 2.29. The Morgan fingerprint density at radius 2 is 1.92 bits per heavy atom. The first kappa shape index (κ1) is 16.2. The lowest BCUT2D eigenvalue weighted by Gasteiger charge is -2.13. The number of carbonyl (C=O) groups is 1. The fourth-order valence-corrected chi connectivity index (χ4v) is 2.46. The van der Waals surface area contributed by atoms with Crippen molar-refractivity contribution in [2.24, 2.45) is 0 Å². The third-order valence-corrected chi connectivity index (χ3v) is 3.68. The van der Waals surface area contributed by atoms with Gasteiger partial charge >= 0.3 is 0 Å². The van der Waals surface area contributed by atoms with Gasteiger partial charge in [0.15, 0.2) is 0 Å². The van der Waals surface area contributed by atoms with Crippen molar-refractivity contribution in [3.63, 3.8) is 0 Å². The van der Waals surface area contributed by atoms with Crippen molar-refractivity contribution in [2.45, 2.75) is 0 Å². The van der Waals surface area contributed by atoms with E-state index in [1.54, 1.807) is 36.4 Å². The van der Waals surface area contributed by atoms with Gasteiger partial charge in [0.25, 0.3) is 5.91 Å². The number of ether oxygens (including phenoxy) is 1. The van der Waals surface area contributed by atoms with Crippen molar-refractivity contribution in [3.05, 3.63) is 58.3 Å². The van der Waals surface area contributed by atoms with Crippen molar-refractivity contribution in [3.8, 4) is 11.4 Å². The largest absolute Gasteiger partial charge is 0.495 e. The summed E-state index contributed by atoms with van der Waals surface area (Å²) in [4.78, 5) is 12.7. The SMILES string of the molecule is COc1ccc(Cl)cc1NC(=O)c1ccc(Cl)cc1-n1cnnn1. The van der Waals surface area contributed by atoms with Crippen LogP contribution in [0.25, 0.3) is 5.69 Å². The van der Waals surface area contributed by atoms with Crippen molar-refractivity contribution in [1.82, 2.24) is 20.2 Å². The van der Waals surface area contributed by atoms with Gasteiger partial charge in [-0.25, -0.2) is 0 Å².